The molecule has 27 heavy (non-hydrogen) atoms. The summed E-state index contributed by atoms with van der Waals surface area (Å²) in [6.45, 7) is 5.61. The monoisotopic (exact) mass is 374 g/mol. The number of aryl methyl sites for hydroxylation is 1. The van der Waals surface area contributed by atoms with E-state index in [1.807, 2.05) is 19.2 Å². The first kappa shape index (κ1) is 19.5. The number of aromatic nitrogens is 1. The van der Waals surface area contributed by atoms with Crippen molar-refractivity contribution in [1.82, 2.24) is 15.2 Å². The fourth-order valence-electron chi connectivity index (χ4n) is 3.71. The molecule has 0 unspecified atom stereocenters. The Hall–Kier alpha value is -2.31. The molecule has 0 radical (unpaired) electrons. The second-order valence-electron chi connectivity index (χ2n) is 7.24. The van der Waals surface area contributed by atoms with Gasteiger partial charge in [0.15, 0.2) is 0 Å². The van der Waals surface area contributed by atoms with Crippen molar-refractivity contribution < 1.29 is 14.3 Å². The molecule has 2 fully saturated rings. The first-order valence-corrected chi connectivity index (χ1v) is 10.1. The first-order chi connectivity index (χ1) is 13.2. The van der Waals surface area contributed by atoms with Crippen molar-refractivity contribution in [3.63, 3.8) is 0 Å². The van der Waals surface area contributed by atoms with Crippen LogP contribution in [0.1, 0.15) is 44.6 Å². The summed E-state index contributed by atoms with van der Waals surface area (Å²) >= 11 is 0. The van der Waals surface area contributed by atoms with E-state index in [9.17, 15) is 9.59 Å². The summed E-state index contributed by atoms with van der Waals surface area (Å²) in [5.74, 6) is 1.10. The summed E-state index contributed by atoms with van der Waals surface area (Å²) in [6.07, 6.45) is 6.78. The molecule has 1 N–H and O–H groups in total. The fourth-order valence-corrected chi connectivity index (χ4v) is 3.71. The Morgan fingerprint density at radius 1 is 1.22 bits per heavy atom. The van der Waals surface area contributed by atoms with E-state index in [1.165, 1.54) is 12.8 Å². The van der Waals surface area contributed by atoms with E-state index in [1.54, 1.807) is 4.90 Å². The smallest absolute Gasteiger partial charge is 0.409 e. The maximum Gasteiger partial charge on any atom is 0.409 e. The third kappa shape index (κ3) is 5.58. The van der Waals surface area contributed by atoms with Crippen LogP contribution in [0, 0.1) is 0 Å². The maximum absolute atomic E-state index is 12.3. The second-order valence-corrected chi connectivity index (χ2v) is 7.24. The quantitative estimate of drug-likeness (QED) is 0.827. The molecule has 7 heteroatoms. The Bertz CT molecular complexity index is 638. The van der Waals surface area contributed by atoms with Gasteiger partial charge in [-0.3, -0.25) is 4.79 Å². The van der Waals surface area contributed by atoms with E-state index in [0.717, 1.165) is 43.7 Å². The van der Waals surface area contributed by atoms with Crippen molar-refractivity contribution in [3.8, 4) is 0 Å². The number of rotatable bonds is 6. The lowest BCUT2D eigenvalue weighted by molar-refractivity contribution is -0.122. The van der Waals surface area contributed by atoms with E-state index in [-0.39, 0.29) is 18.0 Å². The number of carbonyl (C=O) groups excluding carboxylic acids is 2. The predicted octanol–water partition coefficient (Wildman–Crippen LogP) is 2.35. The number of hydrogen-bond donors (Lipinski definition) is 1. The number of hydrogen-bond acceptors (Lipinski definition) is 5. The standard InChI is InChI=1S/C20H30N4O3/c1-2-27-20(26)24-13-8-17(9-14-24)22-19(25)6-5-16-7-10-21-18(15-16)23-11-3-4-12-23/h7,10,15,17H,2-6,8-9,11-14H2,1H3,(H,22,25). The number of carbonyl (C=O) groups is 2. The third-order valence-electron chi connectivity index (χ3n) is 5.27. The lowest BCUT2D eigenvalue weighted by Gasteiger charge is -2.31. The zero-order chi connectivity index (χ0) is 19.1. The SMILES string of the molecule is CCOC(=O)N1CCC(NC(=O)CCc2ccnc(N3CCCC3)c2)CC1. The molecule has 1 aromatic rings. The molecule has 1 aromatic heterocycles. The molecule has 2 amide bonds. The first-order valence-electron chi connectivity index (χ1n) is 10.1. The molecule has 2 aliphatic heterocycles. The van der Waals surface area contributed by atoms with Crippen molar-refractivity contribution in [1.29, 1.82) is 0 Å². The van der Waals surface area contributed by atoms with E-state index in [2.05, 4.69) is 21.3 Å². The average molecular weight is 374 g/mol. The van der Waals surface area contributed by atoms with Gasteiger partial charge in [-0.1, -0.05) is 0 Å². The van der Waals surface area contributed by atoms with Crippen molar-refractivity contribution >= 4 is 17.8 Å². The van der Waals surface area contributed by atoms with Crippen LogP contribution in [0.4, 0.5) is 10.6 Å². The third-order valence-corrected chi connectivity index (χ3v) is 5.27. The highest BCUT2D eigenvalue weighted by Gasteiger charge is 2.24. The summed E-state index contributed by atoms with van der Waals surface area (Å²) in [6, 6.07) is 4.24. The average Bonchev–Trinajstić information content (AvgIpc) is 3.22. The molecule has 2 aliphatic rings. The van der Waals surface area contributed by atoms with Crippen LogP contribution >= 0.6 is 0 Å². The molecular formula is C20H30N4O3. The molecule has 0 spiro atoms. The van der Waals surface area contributed by atoms with Crippen LogP contribution in [0.25, 0.3) is 0 Å². The van der Waals surface area contributed by atoms with Gasteiger partial charge in [-0.15, -0.1) is 0 Å². The summed E-state index contributed by atoms with van der Waals surface area (Å²) in [5.41, 5.74) is 1.15. The Morgan fingerprint density at radius 2 is 1.96 bits per heavy atom. The largest absolute Gasteiger partial charge is 0.450 e. The topological polar surface area (TPSA) is 74.8 Å². The highest BCUT2D eigenvalue weighted by atomic mass is 16.6. The lowest BCUT2D eigenvalue weighted by atomic mass is 10.0. The fraction of sp³-hybridized carbons (Fsp3) is 0.650. The van der Waals surface area contributed by atoms with Crippen LogP contribution in [0.2, 0.25) is 0 Å². The Balaban J connectivity index is 1.40. The minimum Gasteiger partial charge on any atom is -0.450 e. The van der Waals surface area contributed by atoms with E-state index >= 15 is 0 Å². The minimum absolute atomic E-state index is 0.0733. The van der Waals surface area contributed by atoms with Gasteiger partial charge in [0.25, 0.3) is 0 Å². The van der Waals surface area contributed by atoms with Gasteiger partial charge in [0.1, 0.15) is 5.82 Å². The number of nitrogens with zero attached hydrogens (tertiary/aromatic N) is 3. The predicted molar refractivity (Wildman–Crippen MR) is 104 cm³/mol. The van der Waals surface area contributed by atoms with Crippen molar-refractivity contribution in [3.05, 3.63) is 23.9 Å². The van der Waals surface area contributed by atoms with Crippen LogP contribution in [0.3, 0.4) is 0 Å². The Labute approximate surface area is 161 Å². The highest BCUT2D eigenvalue weighted by Crippen LogP contribution is 2.19. The molecule has 0 atom stereocenters. The Kier molecular flexibility index (Phi) is 6.90. The molecule has 0 saturated carbocycles. The van der Waals surface area contributed by atoms with Crippen molar-refractivity contribution in [2.75, 3.05) is 37.7 Å². The van der Waals surface area contributed by atoms with Gasteiger partial charge in [0.05, 0.1) is 6.61 Å². The molecule has 0 bridgehead atoms. The highest BCUT2D eigenvalue weighted by molar-refractivity contribution is 5.76. The number of anilines is 1. The second kappa shape index (κ2) is 9.58. The zero-order valence-corrected chi connectivity index (χ0v) is 16.2. The molecular weight excluding hydrogens is 344 g/mol. The summed E-state index contributed by atoms with van der Waals surface area (Å²) in [7, 11) is 0. The number of piperidine rings is 1. The molecule has 0 aliphatic carbocycles. The van der Waals surface area contributed by atoms with Crippen LogP contribution in [-0.2, 0) is 16.0 Å². The normalized spacial score (nSPS) is 17.8. The van der Waals surface area contributed by atoms with Gasteiger partial charge in [0, 0.05) is 44.8 Å². The number of nitrogens with one attached hydrogen (secondary N) is 1. The van der Waals surface area contributed by atoms with Crippen LogP contribution in [-0.4, -0.2) is 60.7 Å². The van der Waals surface area contributed by atoms with Gasteiger partial charge in [0.2, 0.25) is 5.91 Å². The van der Waals surface area contributed by atoms with E-state index in [4.69, 9.17) is 4.74 Å². The summed E-state index contributed by atoms with van der Waals surface area (Å²) < 4.78 is 5.02. The van der Waals surface area contributed by atoms with E-state index in [0.29, 0.717) is 26.1 Å². The molecule has 0 aromatic carbocycles. The Morgan fingerprint density at radius 3 is 2.67 bits per heavy atom. The van der Waals surface area contributed by atoms with Crippen LogP contribution in [0.15, 0.2) is 18.3 Å². The molecule has 148 valence electrons. The number of ether oxygens (including phenoxy) is 1. The summed E-state index contributed by atoms with van der Waals surface area (Å²) in [5, 5.41) is 3.11. The summed E-state index contributed by atoms with van der Waals surface area (Å²) in [4.78, 5) is 32.5. The molecule has 3 heterocycles. The van der Waals surface area contributed by atoms with Crippen molar-refractivity contribution in [2.45, 2.75) is 51.5 Å². The number of amides is 2. The number of likely N-dealkylation sites (tertiary alicyclic amines) is 1. The zero-order valence-electron chi connectivity index (χ0n) is 16.2. The van der Waals surface area contributed by atoms with Crippen LogP contribution in [0.5, 0.6) is 0 Å². The molecule has 7 nitrogen and oxygen atoms in total. The van der Waals surface area contributed by atoms with Gasteiger partial charge in [-0.25, -0.2) is 9.78 Å². The lowest BCUT2D eigenvalue weighted by Crippen LogP contribution is -2.46. The molecule has 2 saturated heterocycles. The molecule has 3 rings (SSSR count). The van der Waals surface area contributed by atoms with E-state index < -0.39 is 0 Å². The van der Waals surface area contributed by atoms with Gasteiger partial charge in [-0.05, 0) is 56.7 Å². The maximum atomic E-state index is 12.3. The van der Waals surface area contributed by atoms with Crippen molar-refractivity contribution in [2.24, 2.45) is 0 Å². The van der Waals surface area contributed by atoms with Gasteiger partial charge in [-0.2, -0.15) is 0 Å². The van der Waals surface area contributed by atoms with Gasteiger partial charge < -0.3 is 19.9 Å². The minimum atomic E-state index is -0.256. The van der Waals surface area contributed by atoms with Gasteiger partial charge >= 0.3 is 6.09 Å². The number of pyridine rings is 1. The van der Waals surface area contributed by atoms with Crippen LogP contribution < -0.4 is 10.2 Å².